The standard InChI is InChI=1S/C16H25N3S/c17-19-16(18-13-8-3-1-2-4-9-13)15-11-12-7-5-6-10-14(12)20-15/h11,13H,1-10,17H2,(H,18,19). The van der Waals surface area contributed by atoms with Gasteiger partial charge in [-0.25, -0.2) is 5.84 Å². The van der Waals surface area contributed by atoms with Crippen molar-refractivity contribution in [3.8, 4) is 0 Å². The van der Waals surface area contributed by atoms with Crippen LogP contribution in [0, 0.1) is 0 Å². The maximum absolute atomic E-state index is 5.74. The van der Waals surface area contributed by atoms with E-state index in [0.29, 0.717) is 6.04 Å². The number of nitrogens with zero attached hydrogens (tertiary/aromatic N) is 1. The number of aliphatic imine (C=N–C) groups is 1. The fraction of sp³-hybridized carbons (Fsp3) is 0.688. The van der Waals surface area contributed by atoms with Crippen molar-refractivity contribution in [1.82, 2.24) is 5.43 Å². The van der Waals surface area contributed by atoms with Crippen LogP contribution in [0.1, 0.15) is 66.7 Å². The smallest absolute Gasteiger partial charge is 0.153 e. The van der Waals surface area contributed by atoms with Gasteiger partial charge in [0.2, 0.25) is 0 Å². The van der Waals surface area contributed by atoms with E-state index in [2.05, 4.69) is 11.5 Å². The molecule has 1 aromatic rings. The van der Waals surface area contributed by atoms with E-state index >= 15 is 0 Å². The van der Waals surface area contributed by atoms with Crippen molar-refractivity contribution in [2.24, 2.45) is 10.8 Å². The van der Waals surface area contributed by atoms with Crippen LogP contribution in [0.25, 0.3) is 0 Å². The van der Waals surface area contributed by atoms with Gasteiger partial charge in [0.1, 0.15) is 0 Å². The van der Waals surface area contributed by atoms with Gasteiger partial charge in [0.05, 0.1) is 10.9 Å². The second kappa shape index (κ2) is 6.72. The fourth-order valence-electron chi connectivity index (χ4n) is 3.35. The van der Waals surface area contributed by atoms with Crippen molar-refractivity contribution in [3.63, 3.8) is 0 Å². The minimum atomic E-state index is 0.461. The van der Waals surface area contributed by atoms with Crippen LogP contribution in [-0.2, 0) is 12.8 Å². The predicted molar refractivity (Wildman–Crippen MR) is 86.3 cm³/mol. The summed E-state index contributed by atoms with van der Waals surface area (Å²) in [6, 6.07) is 2.77. The predicted octanol–water partition coefficient (Wildman–Crippen LogP) is 3.56. The summed E-state index contributed by atoms with van der Waals surface area (Å²) >= 11 is 1.89. The summed E-state index contributed by atoms with van der Waals surface area (Å²) in [4.78, 5) is 7.71. The number of aryl methyl sites for hydroxylation is 2. The summed E-state index contributed by atoms with van der Waals surface area (Å²) in [5.74, 6) is 6.66. The van der Waals surface area contributed by atoms with Crippen molar-refractivity contribution < 1.29 is 0 Å². The highest BCUT2D eigenvalue weighted by molar-refractivity contribution is 7.14. The Bertz CT molecular complexity index is 447. The average Bonchev–Trinajstić information content (AvgIpc) is 2.74. The quantitative estimate of drug-likeness (QED) is 0.288. The third-order valence-electron chi connectivity index (χ3n) is 4.50. The maximum Gasteiger partial charge on any atom is 0.153 e. The average molecular weight is 291 g/mol. The Balaban J connectivity index is 1.79. The number of thiophene rings is 1. The monoisotopic (exact) mass is 291 g/mol. The molecule has 0 aliphatic heterocycles. The Kier molecular flexibility index (Phi) is 4.73. The van der Waals surface area contributed by atoms with Crippen molar-refractivity contribution in [2.45, 2.75) is 70.3 Å². The van der Waals surface area contributed by atoms with Crippen LogP contribution in [0.3, 0.4) is 0 Å². The highest BCUT2D eigenvalue weighted by atomic mass is 32.1. The number of nitrogens with two attached hydrogens (primary N) is 1. The Morgan fingerprint density at radius 3 is 2.55 bits per heavy atom. The van der Waals surface area contributed by atoms with Crippen LogP contribution in [0.5, 0.6) is 0 Å². The minimum Gasteiger partial charge on any atom is -0.308 e. The molecule has 20 heavy (non-hydrogen) atoms. The third kappa shape index (κ3) is 3.23. The highest BCUT2D eigenvalue weighted by Crippen LogP contribution is 2.30. The zero-order valence-electron chi connectivity index (χ0n) is 12.2. The molecule has 3 N–H and O–H groups in total. The van der Waals surface area contributed by atoms with Gasteiger partial charge in [0, 0.05) is 4.88 Å². The van der Waals surface area contributed by atoms with E-state index in [0.717, 1.165) is 5.84 Å². The van der Waals surface area contributed by atoms with Crippen LogP contribution in [-0.4, -0.2) is 11.9 Å². The number of rotatable bonds is 2. The molecule has 0 radical (unpaired) electrons. The van der Waals surface area contributed by atoms with Gasteiger partial charge in [-0.05, 0) is 50.2 Å². The first-order valence-electron chi connectivity index (χ1n) is 8.03. The molecule has 3 nitrogen and oxygen atoms in total. The lowest BCUT2D eigenvalue weighted by atomic mass is 9.99. The summed E-state index contributed by atoms with van der Waals surface area (Å²) in [7, 11) is 0. The molecule has 0 unspecified atom stereocenters. The van der Waals surface area contributed by atoms with Gasteiger partial charge in [-0.2, -0.15) is 0 Å². The summed E-state index contributed by atoms with van der Waals surface area (Å²) in [6.45, 7) is 0. The zero-order valence-corrected chi connectivity index (χ0v) is 13.0. The van der Waals surface area contributed by atoms with E-state index < -0.39 is 0 Å². The van der Waals surface area contributed by atoms with E-state index in [1.165, 1.54) is 74.6 Å². The number of hydrazine groups is 1. The van der Waals surface area contributed by atoms with E-state index in [1.807, 2.05) is 11.3 Å². The molecule has 1 saturated carbocycles. The van der Waals surface area contributed by atoms with Crippen molar-refractivity contribution >= 4 is 17.2 Å². The molecule has 0 spiro atoms. The largest absolute Gasteiger partial charge is 0.308 e. The van der Waals surface area contributed by atoms with Crippen molar-refractivity contribution in [3.05, 3.63) is 21.4 Å². The molecular formula is C16H25N3S. The van der Waals surface area contributed by atoms with E-state index in [4.69, 9.17) is 10.8 Å². The lowest BCUT2D eigenvalue weighted by Gasteiger charge is -2.11. The van der Waals surface area contributed by atoms with Crippen molar-refractivity contribution in [1.29, 1.82) is 0 Å². The van der Waals surface area contributed by atoms with Crippen LogP contribution in [0.4, 0.5) is 0 Å². The highest BCUT2D eigenvalue weighted by Gasteiger charge is 2.17. The molecule has 0 atom stereocenters. The Labute approximate surface area is 125 Å². The number of nitrogens with one attached hydrogen (secondary N) is 1. The first-order chi connectivity index (χ1) is 9.86. The Hall–Kier alpha value is -0.870. The van der Waals surface area contributed by atoms with Gasteiger partial charge in [-0.1, -0.05) is 25.7 Å². The second-order valence-electron chi connectivity index (χ2n) is 6.03. The topological polar surface area (TPSA) is 50.4 Å². The lowest BCUT2D eigenvalue weighted by Crippen LogP contribution is -2.31. The first-order valence-corrected chi connectivity index (χ1v) is 8.85. The van der Waals surface area contributed by atoms with Gasteiger partial charge in [0.15, 0.2) is 5.84 Å². The maximum atomic E-state index is 5.74. The molecule has 1 aromatic heterocycles. The molecule has 0 amide bonds. The summed E-state index contributed by atoms with van der Waals surface area (Å²) in [5.41, 5.74) is 4.38. The first kappa shape index (κ1) is 14.1. The fourth-order valence-corrected chi connectivity index (χ4v) is 4.56. The molecule has 110 valence electrons. The van der Waals surface area contributed by atoms with Crippen LogP contribution in [0.2, 0.25) is 0 Å². The van der Waals surface area contributed by atoms with E-state index in [9.17, 15) is 0 Å². The molecule has 2 aliphatic carbocycles. The molecule has 1 fully saturated rings. The van der Waals surface area contributed by atoms with Gasteiger partial charge >= 0.3 is 0 Å². The SMILES string of the molecule is NNC(=NC1CCCCCC1)c1cc2c(s1)CCCC2. The molecule has 4 heteroatoms. The van der Waals surface area contributed by atoms with Crippen molar-refractivity contribution in [2.75, 3.05) is 0 Å². The van der Waals surface area contributed by atoms with Gasteiger partial charge in [-0.3, -0.25) is 4.99 Å². The Morgan fingerprint density at radius 1 is 1.10 bits per heavy atom. The van der Waals surface area contributed by atoms with E-state index in [1.54, 1.807) is 4.88 Å². The molecule has 3 rings (SSSR count). The van der Waals surface area contributed by atoms with Crippen LogP contribution >= 0.6 is 11.3 Å². The molecular weight excluding hydrogens is 266 g/mol. The molecule has 2 aliphatic rings. The van der Waals surface area contributed by atoms with Gasteiger partial charge < -0.3 is 5.43 Å². The van der Waals surface area contributed by atoms with Gasteiger partial charge in [0.25, 0.3) is 0 Å². The minimum absolute atomic E-state index is 0.461. The summed E-state index contributed by atoms with van der Waals surface area (Å²) in [6.07, 6.45) is 12.9. The Morgan fingerprint density at radius 2 is 1.85 bits per heavy atom. The number of amidine groups is 1. The normalized spacial score (nSPS) is 21.4. The molecule has 0 saturated heterocycles. The lowest BCUT2D eigenvalue weighted by molar-refractivity contribution is 0.583. The number of hydrogen-bond acceptors (Lipinski definition) is 3. The zero-order chi connectivity index (χ0) is 13.8. The molecule has 0 aromatic carbocycles. The van der Waals surface area contributed by atoms with E-state index in [-0.39, 0.29) is 0 Å². The molecule has 0 bridgehead atoms. The third-order valence-corrected chi connectivity index (χ3v) is 5.75. The molecule has 1 heterocycles. The summed E-state index contributed by atoms with van der Waals surface area (Å²) in [5, 5.41) is 0. The number of hydrogen-bond donors (Lipinski definition) is 2. The van der Waals surface area contributed by atoms with Gasteiger partial charge in [-0.15, -0.1) is 11.3 Å². The second-order valence-corrected chi connectivity index (χ2v) is 7.17. The van der Waals surface area contributed by atoms with Crippen LogP contribution < -0.4 is 11.3 Å². The summed E-state index contributed by atoms with van der Waals surface area (Å²) < 4.78 is 0. The van der Waals surface area contributed by atoms with Crippen LogP contribution in [0.15, 0.2) is 11.1 Å². The number of fused-ring (bicyclic) bond motifs is 1.